The van der Waals surface area contributed by atoms with Gasteiger partial charge in [0.1, 0.15) is 24.0 Å². The Hall–Kier alpha value is -2.51. The number of morpholine rings is 1. The van der Waals surface area contributed by atoms with Gasteiger partial charge in [-0.25, -0.2) is 15.0 Å². The molecule has 7 heteroatoms. The lowest BCUT2D eigenvalue weighted by Gasteiger charge is -2.28. The number of aromatic nitrogens is 2. The van der Waals surface area contributed by atoms with Gasteiger partial charge in [0.2, 0.25) is 0 Å². The van der Waals surface area contributed by atoms with Crippen LogP contribution in [0.5, 0.6) is 5.75 Å². The second kappa shape index (κ2) is 6.66. The molecule has 0 N–H and O–H groups in total. The van der Waals surface area contributed by atoms with Crippen molar-refractivity contribution in [2.24, 2.45) is 4.99 Å². The molecule has 7 nitrogen and oxygen atoms in total. The maximum atomic E-state index is 6.01. The first-order chi connectivity index (χ1) is 12.9. The lowest BCUT2D eigenvalue weighted by Crippen LogP contribution is -2.37. The Bertz CT molecular complexity index is 842. The first-order valence-electron chi connectivity index (χ1n) is 8.99. The molecule has 4 heterocycles. The average molecular weight is 352 g/mol. The lowest BCUT2D eigenvalue weighted by atomic mass is 9.98. The summed E-state index contributed by atoms with van der Waals surface area (Å²) in [6, 6.07) is 8.02. The van der Waals surface area contributed by atoms with Gasteiger partial charge in [-0.1, -0.05) is 0 Å². The van der Waals surface area contributed by atoms with Gasteiger partial charge in [-0.2, -0.15) is 0 Å². The van der Waals surface area contributed by atoms with Crippen LogP contribution in [0.1, 0.15) is 17.7 Å². The van der Waals surface area contributed by atoms with E-state index in [0.717, 1.165) is 73.6 Å². The van der Waals surface area contributed by atoms with Crippen LogP contribution in [0.4, 0.5) is 11.5 Å². The zero-order chi connectivity index (χ0) is 17.3. The molecule has 26 heavy (non-hydrogen) atoms. The van der Waals surface area contributed by atoms with Crippen molar-refractivity contribution in [2.45, 2.75) is 12.5 Å². The van der Waals surface area contributed by atoms with Crippen LogP contribution >= 0.6 is 0 Å². The Balaban J connectivity index is 1.37. The molecule has 2 saturated heterocycles. The molecule has 1 aromatic carbocycles. The Morgan fingerprint density at radius 2 is 1.96 bits per heavy atom. The zero-order valence-corrected chi connectivity index (χ0v) is 14.4. The van der Waals surface area contributed by atoms with Crippen molar-refractivity contribution in [1.29, 1.82) is 0 Å². The van der Waals surface area contributed by atoms with E-state index in [1.807, 2.05) is 24.3 Å². The SMILES string of the molecule is c1nc(C2=Nc3ccc(OC4CCOC4)cc32)cc(N2CCOCC2)n1. The summed E-state index contributed by atoms with van der Waals surface area (Å²) in [4.78, 5) is 15.7. The highest BCUT2D eigenvalue weighted by Gasteiger charge is 2.25. The Morgan fingerprint density at radius 3 is 2.81 bits per heavy atom. The van der Waals surface area contributed by atoms with E-state index in [1.165, 1.54) is 0 Å². The molecule has 0 amide bonds. The highest BCUT2D eigenvalue weighted by molar-refractivity contribution is 6.21. The quantitative estimate of drug-likeness (QED) is 0.715. The van der Waals surface area contributed by atoms with Gasteiger partial charge in [0, 0.05) is 31.1 Å². The van der Waals surface area contributed by atoms with E-state index in [9.17, 15) is 0 Å². The van der Waals surface area contributed by atoms with Crippen molar-refractivity contribution in [3.05, 3.63) is 41.9 Å². The van der Waals surface area contributed by atoms with Crippen molar-refractivity contribution in [1.82, 2.24) is 9.97 Å². The molecular formula is C19H20N4O3. The van der Waals surface area contributed by atoms with Gasteiger partial charge in [-0.3, -0.25) is 0 Å². The van der Waals surface area contributed by atoms with Crippen LogP contribution in [0.2, 0.25) is 0 Å². The summed E-state index contributed by atoms with van der Waals surface area (Å²) in [6.45, 7) is 4.59. The van der Waals surface area contributed by atoms with Gasteiger partial charge in [-0.05, 0) is 18.2 Å². The number of hydrogen-bond acceptors (Lipinski definition) is 7. The number of benzene rings is 1. The van der Waals surface area contributed by atoms with Crippen LogP contribution in [0, 0.1) is 0 Å². The van der Waals surface area contributed by atoms with Crippen LogP contribution in [-0.2, 0) is 9.47 Å². The summed E-state index contributed by atoms with van der Waals surface area (Å²) in [7, 11) is 0. The van der Waals surface area contributed by atoms with Crippen LogP contribution in [0.3, 0.4) is 0 Å². The molecule has 134 valence electrons. The predicted molar refractivity (Wildman–Crippen MR) is 96.7 cm³/mol. The summed E-state index contributed by atoms with van der Waals surface area (Å²) in [6.07, 6.45) is 2.68. The fourth-order valence-corrected chi connectivity index (χ4v) is 3.44. The third-order valence-electron chi connectivity index (χ3n) is 4.88. The number of anilines is 1. The van der Waals surface area contributed by atoms with Gasteiger partial charge in [0.05, 0.1) is 43.5 Å². The summed E-state index contributed by atoms with van der Waals surface area (Å²) < 4.78 is 16.8. The van der Waals surface area contributed by atoms with Gasteiger partial charge in [-0.15, -0.1) is 0 Å². The van der Waals surface area contributed by atoms with Gasteiger partial charge < -0.3 is 19.1 Å². The number of ether oxygens (including phenoxy) is 3. The molecule has 0 spiro atoms. The third kappa shape index (κ3) is 2.93. The Labute approximate surface area is 151 Å². The smallest absolute Gasteiger partial charge is 0.132 e. The van der Waals surface area contributed by atoms with E-state index in [-0.39, 0.29) is 6.10 Å². The summed E-state index contributed by atoms with van der Waals surface area (Å²) in [5.74, 6) is 1.78. The minimum Gasteiger partial charge on any atom is -0.488 e. The van der Waals surface area contributed by atoms with E-state index in [4.69, 9.17) is 14.2 Å². The van der Waals surface area contributed by atoms with Crippen LogP contribution in [0.15, 0.2) is 35.6 Å². The van der Waals surface area contributed by atoms with Gasteiger partial charge >= 0.3 is 0 Å². The van der Waals surface area contributed by atoms with Crippen molar-refractivity contribution in [3.63, 3.8) is 0 Å². The number of rotatable bonds is 4. The first-order valence-corrected chi connectivity index (χ1v) is 8.99. The first kappa shape index (κ1) is 15.7. The molecule has 0 aliphatic carbocycles. The van der Waals surface area contributed by atoms with E-state index < -0.39 is 0 Å². The molecule has 1 aromatic heterocycles. The topological polar surface area (TPSA) is 69.1 Å². The molecule has 0 saturated carbocycles. The summed E-state index contributed by atoms with van der Waals surface area (Å²) >= 11 is 0. The molecule has 5 rings (SSSR count). The van der Waals surface area contributed by atoms with Crippen molar-refractivity contribution >= 4 is 17.2 Å². The number of nitrogens with zero attached hydrogens (tertiary/aromatic N) is 4. The highest BCUT2D eigenvalue weighted by Crippen LogP contribution is 2.36. The Morgan fingerprint density at radius 1 is 1.04 bits per heavy atom. The monoisotopic (exact) mass is 352 g/mol. The number of hydrogen-bond donors (Lipinski definition) is 0. The largest absolute Gasteiger partial charge is 0.488 e. The van der Waals surface area contributed by atoms with Crippen molar-refractivity contribution in [3.8, 4) is 5.75 Å². The predicted octanol–water partition coefficient (Wildman–Crippen LogP) is 1.96. The molecule has 2 fully saturated rings. The van der Waals surface area contributed by atoms with Crippen LogP contribution < -0.4 is 9.64 Å². The molecule has 1 unspecified atom stereocenters. The summed E-state index contributed by atoms with van der Waals surface area (Å²) in [5, 5.41) is 0. The van der Waals surface area contributed by atoms with Gasteiger partial charge in [0.15, 0.2) is 0 Å². The second-order valence-electron chi connectivity index (χ2n) is 6.60. The van der Waals surface area contributed by atoms with Crippen LogP contribution in [0.25, 0.3) is 0 Å². The van der Waals surface area contributed by atoms with E-state index >= 15 is 0 Å². The molecule has 2 aromatic rings. The summed E-state index contributed by atoms with van der Waals surface area (Å²) in [5.41, 5.74) is 3.79. The minimum atomic E-state index is 0.139. The lowest BCUT2D eigenvalue weighted by molar-refractivity contribution is 0.122. The normalized spacial score (nSPS) is 21.8. The van der Waals surface area contributed by atoms with Crippen molar-refractivity contribution < 1.29 is 14.2 Å². The number of aliphatic imine (C=N–C) groups is 1. The molecule has 0 radical (unpaired) electrons. The molecule has 1 atom stereocenters. The fraction of sp³-hybridized carbons (Fsp3) is 0.421. The molecule has 3 aliphatic rings. The molecule has 0 bridgehead atoms. The maximum Gasteiger partial charge on any atom is 0.132 e. The number of fused-ring (bicyclic) bond motifs is 1. The van der Waals surface area contributed by atoms with Gasteiger partial charge in [0.25, 0.3) is 0 Å². The fourth-order valence-electron chi connectivity index (χ4n) is 3.44. The zero-order valence-electron chi connectivity index (χ0n) is 14.4. The molecule has 3 aliphatic heterocycles. The van der Waals surface area contributed by atoms with Crippen LogP contribution in [-0.4, -0.2) is 61.3 Å². The standard InChI is InChI=1S/C19H20N4O3/c1-2-16-15(9-13(1)26-14-3-6-25-11-14)19(22-16)17-10-18(21-12-20-17)23-4-7-24-8-5-23/h1-2,9-10,12,14H,3-8,11H2. The Kier molecular flexibility index (Phi) is 4.03. The van der Waals surface area contributed by atoms with E-state index in [1.54, 1.807) is 6.33 Å². The van der Waals surface area contributed by atoms with E-state index in [2.05, 4.69) is 19.9 Å². The molecular weight excluding hydrogens is 332 g/mol. The minimum absolute atomic E-state index is 0.139. The van der Waals surface area contributed by atoms with E-state index in [0.29, 0.717) is 6.61 Å². The second-order valence-corrected chi connectivity index (χ2v) is 6.60. The third-order valence-corrected chi connectivity index (χ3v) is 4.88. The average Bonchev–Trinajstić information content (AvgIpc) is 3.18. The maximum absolute atomic E-state index is 6.01. The van der Waals surface area contributed by atoms with Crippen molar-refractivity contribution in [2.75, 3.05) is 44.4 Å². The highest BCUT2D eigenvalue weighted by atomic mass is 16.5.